The van der Waals surface area contributed by atoms with Gasteiger partial charge in [-0.05, 0) is 38.2 Å². The summed E-state index contributed by atoms with van der Waals surface area (Å²) in [6.45, 7) is 17.5. The van der Waals surface area contributed by atoms with Crippen LogP contribution in [0.2, 0.25) is 18.1 Å². The molecule has 0 radical (unpaired) electrons. The van der Waals surface area contributed by atoms with Gasteiger partial charge >= 0.3 is 5.97 Å². The first-order chi connectivity index (χ1) is 12.3. The Morgan fingerprint density at radius 3 is 2.41 bits per heavy atom. The Bertz CT molecular complexity index is 622. The van der Waals surface area contributed by atoms with Gasteiger partial charge in [-0.1, -0.05) is 33.4 Å². The average Bonchev–Trinajstić information content (AvgIpc) is 2.52. The van der Waals surface area contributed by atoms with Crippen LogP contribution in [0.5, 0.6) is 0 Å². The second-order valence-electron chi connectivity index (χ2n) is 8.26. The summed E-state index contributed by atoms with van der Waals surface area (Å²) in [5.74, 6) is -1.60. The van der Waals surface area contributed by atoms with Gasteiger partial charge in [0.1, 0.15) is 12.4 Å². The summed E-state index contributed by atoms with van der Waals surface area (Å²) in [7, 11) is -2.04. The molecule has 6 nitrogen and oxygen atoms in total. The van der Waals surface area contributed by atoms with Crippen molar-refractivity contribution in [3.05, 3.63) is 24.1 Å². The predicted molar refractivity (Wildman–Crippen MR) is 112 cm³/mol. The molecular weight excluding hydrogens is 382 g/mol. The zero-order valence-electron chi connectivity index (χ0n) is 17.7. The molecule has 8 heteroatoms. The Morgan fingerprint density at radius 1 is 1.44 bits per heavy atom. The van der Waals surface area contributed by atoms with E-state index in [0.29, 0.717) is 0 Å². The lowest BCUT2D eigenvalue weighted by atomic mass is 9.92. The van der Waals surface area contributed by atoms with Gasteiger partial charge in [0.15, 0.2) is 14.0 Å². The number of carbonyl (C=O) groups is 2. The molecule has 0 unspecified atom stereocenters. The highest BCUT2D eigenvalue weighted by Gasteiger charge is 2.55. The van der Waals surface area contributed by atoms with Crippen LogP contribution in [-0.4, -0.2) is 54.5 Å². The van der Waals surface area contributed by atoms with E-state index in [1.54, 1.807) is 0 Å². The summed E-state index contributed by atoms with van der Waals surface area (Å²) < 4.78 is 11.4. The topological polar surface area (TPSA) is 76.1 Å². The number of aliphatic hydroxyl groups excluding tert-OH is 1. The largest absolute Gasteiger partial charge is 0.510 e. The summed E-state index contributed by atoms with van der Waals surface area (Å²) in [6, 6.07) is 0. The monoisotopic (exact) mass is 415 g/mol. The van der Waals surface area contributed by atoms with Crippen molar-refractivity contribution < 1.29 is 23.9 Å². The number of carbonyl (C=O) groups excluding carboxylic acids is 2. The predicted octanol–water partition coefficient (Wildman–Crippen LogP) is 4.06. The van der Waals surface area contributed by atoms with E-state index in [1.165, 1.54) is 29.7 Å². The molecular formula is C19H33NO5SSi. The van der Waals surface area contributed by atoms with E-state index < -0.39 is 14.3 Å². The fourth-order valence-electron chi connectivity index (χ4n) is 2.75. The zero-order valence-corrected chi connectivity index (χ0v) is 19.5. The van der Waals surface area contributed by atoms with Gasteiger partial charge in [0.05, 0.1) is 17.4 Å². The van der Waals surface area contributed by atoms with Crippen LogP contribution in [0.1, 0.15) is 34.6 Å². The Morgan fingerprint density at radius 2 is 2.00 bits per heavy atom. The molecule has 0 saturated carbocycles. The van der Waals surface area contributed by atoms with Crippen LogP contribution in [0, 0.1) is 5.92 Å². The number of hydrogen-bond donors (Lipinski definition) is 1. The number of β-lactam (4-membered cyclic amide) rings is 1. The molecule has 1 saturated heterocycles. The highest BCUT2D eigenvalue weighted by Crippen LogP contribution is 2.44. The molecule has 0 aromatic heterocycles. The van der Waals surface area contributed by atoms with Crippen LogP contribution in [0.25, 0.3) is 0 Å². The number of esters is 1. The molecule has 1 aliphatic heterocycles. The third-order valence-corrected chi connectivity index (χ3v) is 10.8. The lowest BCUT2D eigenvalue weighted by Crippen LogP contribution is -2.64. The Balaban J connectivity index is 3.05. The van der Waals surface area contributed by atoms with E-state index in [-0.39, 0.29) is 46.4 Å². The molecule has 27 heavy (non-hydrogen) atoms. The standard InChI is InChI=1S/C19H33NO5SSi/c1-10-11-24-18(23)15(12(2)21)20-16(22)14(17(20)26-7)13(3)25-27(8,9)19(4,5)6/h10,13-14,17,21H,1,11H2,2-9H3/b15-12+/t13-,14+,17-/m1/s1. The van der Waals surface area contributed by atoms with Gasteiger partial charge in [0.25, 0.3) is 0 Å². The quantitative estimate of drug-likeness (QED) is 0.161. The smallest absolute Gasteiger partial charge is 0.358 e. The molecule has 1 heterocycles. The SMILES string of the molecule is C=CCOC(=O)/C(=C(/C)O)N1C(=O)[C@H]([C@@H](C)O[Si](C)(C)C(C)(C)C)[C@H]1SC. The van der Waals surface area contributed by atoms with Crippen molar-refractivity contribution in [1.82, 2.24) is 4.90 Å². The minimum absolute atomic E-state index is 0.00981. The van der Waals surface area contributed by atoms with Gasteiger partial charge in [0, 0.05) is 0 Å². The van der Waals surface area contributed by atoms with Gasteiger partial charge in [0.2, 0.25) is 5.91 Å². The number of ether oxygens (including phenoxy) is 1. The first-order valence-corrected chi connectivity index (χ1v) is 13.2. The van der Waals surface area contributed by atoms with E-state index in [4.69, 9.17) is 9.16 Å². The van der Waals surface area contributed by atoms with Crippen molar-refractivity contribution in [2.75, 3.05) is 12.9 Å². The zero-order chi connectivity index (χ0) is 21.2. The van der Waals surface area contributed by atoms with E-state index in [1.807, 2.05) is 13.2 Å². The molecule has 0 aliphatic carbocycles. The maximum absolute atomic E-state index is 12.9. The van der Waals surface area contributed by atoms with Crippen molar-refractivity contribution in [2.45, 2.75) is 64.2 Å². The summed E-state index contributed by atoms with van der Waals surface area (Å²) >= 11 is 1.45. The van der Waals surface area contributed by atoms with Crippen LogP contribution < -0.4 is 0 Å². The van der Waals surface area contributed by atoms with Crippen LogP contribution in [0.4, 0.5) is 0 Å². The summed E-state index contributed by atoms with van der Waals surface area (Å²) in [4.78, 5) is 26.5. The molecule has 1 N–H and O–H groups in total. The molecule has 0 spiro atoms. The second-order valence-corrected chi connectivity index (χ2v) is 14.0. The molecule has 0 aromatic carbocycles. The van der Waals surface area contributed by atoms with Gasteiger partial charge < -0.3 is 14.3 Å². The maximum Gasteiger partial charge on any atom is 0.358 e. The van der Waals surface area contributed by atoms with Crippen molar-refractivity contribution in [3.63, 3.8) is 0 Å². The Kier molecular flexibility index (Phi) is 7.78. The fraction of sp³-hybridized carbons (Fsp3) is 0.684. The highest BCUT2D eigenvalue weighted by molar-refractivity contribution is 7.99. The van der Waals surface area contributed by atoms with Crippen molar-refractivity contribution >= 4 is 32.0 Å². The third kappa shape index (κ3) is 4.97. The number of likely N-dealkylation sites (tertiary alicyclic amines) is 1. The first kappa shape index (κ1) is 23.8. The number of allylic oxidation sites excluding steroid dienone is 1. The van der Waals surface area contributed by atoms with Gasteiger partial charge in [-0.2, -0.15) is 0 Å². The van der Waals surface area contributed by atoms with Gasteiger partial charge in [-0.3, -0.25) is 9.69 Å². The van der Waals surface area contributed by atoms with E-state index in [0.717, 1.165) is 0 Å². The normalized spacial score (nSPS) is 22.7. The molecule has 3 atom stereocenters. The lowest BCUT2D eigenvalue weighted by Gasteiger charge is -2.50. The molecule has 0 aromatic rings. The molecule has 154 valence electrons. The van der Waals surface area contributed by atoms with Gasteiger partial charge in [-0.25, -0.2) is 4.79 Å². The molecule has 0 bridgehead atoms. The number of nitrogens with zero attached hydrogens (tertiary/aromatic N) is 1. The second kappa shape index (κ2) is 8.83. The molecule has 1 aliphatic rings. The number of rotatable bonds is 8. The Hall–Kier alpha value is -1.25. The summed E-state index contributed by atoms with van der Waals surface area (Å²) in [5, 5.41) is 9.72. The van der Waals surface area contributed by atoms with Crippen molar-refractivity contribution in [2.24, 2.45) is 5.92 Å². The minimum Gasteiger partial charge on any atom is -0.510 e. The number of thioether (sulfide) groups is 1. The van der Waals surface area contributed by atoms with E-state index in [2.05, 4.69) is 40.4 Å². The number of amides is 1. The van der Waals surface area contributed by atoms with Gasteiger partial charge in [-0.15, -0.1) is 11.8 Å². The van der Waals surface area contributed by atoms with Crippen LogP contribution >= 0.6 is 11.8 Å². The third-order valence-electron chi connectivity index (χ3n) is 5.23. The summed E-state index contributed by atoms with van der Waals surface area (Å²) in [5.41, 5.74) is -0.114. The van der Waals surface area contributed by atoms with Crippen LogP contribution in [0.15, 0.2) is 24.1 Å². The number of aliphatic hydroxyl groups is 1. The first-order valence-electron chi connectivity index (χ1n) is 9.01. The summed E-state index contributed by atoms with van der Waals surface area (Å²) in [6.07, 6.45) is 3.02. The maximum atomic E-state index is 12.9. The fourth-order valence-corrected chi connectivity index (χ4v) is 5.23. The Labute approximate surface area is 168 Å². The lowest BCUT2D eigenvalue weighted by molar-refractivity contribution is -0.158. The molecule has 1 fully saturated rings. The van der Waals surface area contributed by atoms with E-state index in [9.17, 15) is 14.7 Å². The molecule has 1 amide bonds. The van der Waals surface area contributed by atoms with Crippen LogP contribution in [0.3, 0.4) is 0 Å². The van der Waals surface area contributed by atoms with E-state index >= 15 is 0 Å². The van der Waals surface area contributed by atoms with Crippen LogP contribution in [-0.2, 0) is 18.8 Å². The van der Waals surface area contributed by atoms with Crippen molar-refractivity contribution in [3.8, 4) is 0 Å². The minimum atomic E-state index is -2.04. The highest BCUT2D eigenvalue weighted by atomic mass is 32.2. The van der Waals surface area contributed by atoms with Crippen molar-refractivity contribution in [1.29, 1.82) is 0 Å². The number of hydrogen-bond acceptors (Lipinski definition) is 6. The average molecular weight is 416 g/mol. The molecule has 1 rings (SSSR count).